The summed E-state index contributed by atoms with van der Waals surface area (Å²) in [7, 11) is 0. The Bertz CT molecular complexity index is 1070. The quantitative estimate of drug-likeness (QED) is 0.609. The lowest BCUT2D eigenvalue weighted by molar-refractivity contribution is 0.614. The van der Waals surface area contributed by atoms with E-state index in [4.69, 9.17) is 4.42 Å². The Kier molecular flexibility index (Phi) is 3.27. The van der Waals surface area contributed by atoms with E-state index in [0.717, 1.165) is 22.3 Å². The summed E-state index contributed by atoms with van der Waals surface area (Å²) in [6.45, 7) is 4.02. The molecule has 2 aromatic heterocycles. The number of benzene rings is 2. The fourth-order valence-electron chi connectivity index (χ4n) is 2.50. The number of fused-ring (bicyclic) bond motifs is 1. The number of H-pyrrole nitrogens is 1. The molecule has 0 unspecified atom stereocenters. The van der Waals surface area contributed by atoms with Crippen LogP contribution in [-0.4, -0.2) is 15.0 Å². The first-order valence-corrected chi connectivity index (χ1v) is 7.65. The predicted octanol–water partition coefficient (Wildman–Crippen LogP) is 3.86. The number of oxazole rings is 1. The zero-order valence-electron chi connectivity index (χ0n) is 13.3. The molecule has 2 heterocycles. The molecule has 0 fully saturated rings. The smallest absolute Gasteiger partial charge is 0.296 e. The monoisotopic (exact) mass is 317 g/mol. The molecule has 0 saturated heterocycles. The van der Waals surface area contributed by atoms with E-state index >= 15 is 0 Å². The van der Waals surface area contributed by atoms with E-state index in [-0.39, 0.29) is 11.1 Å². The average molecular weight is 317 g/mol. The van der Waals surface area contributed by atoms with Crippen molar-refractivity contribution in [1.82, 2.24) is 15.0 Å². The van der Waals surface area contributed by atoms with Crippen LogP contribution in [0, 0.1) is 13.8 Å². The molecule has 0 aliphatic carbocycles. The van der Waals surface area contributed by atoms with Gasteiger partial charge in [-0.15, -0.1) is 0 Å². The summed E-state index contributed by atoms with van der Waals surface area (Å²) in [6, 6.07) is 15.5. The second-order valence-corrected chi connectivity index (χ2v) is 5.82. The fraction of sp³-hybridized carbons (Fsp3) is 0.105. The second kappa shape index (κ2) is 5.45. The van der Waals surface area contributed by atoms with Gasteiger partial charge in [0.05, 0.1) is 0 Å². The Morgan fingerprint density at radius 2 is 1.42 bits per heavy atom. The number of aromatic amines is 1. The minimum Gasteiger partial charge on any atom is -0.428 e. The summed E-state index contributed by atoms with van der Waals surface area (Å²) in [5.74, 6) is 0.875. The predicted molar refractivity (Wildman–Crippen MR) is 92.8 cm³/mol. The lowest BCUT2D eigenvalue weighted by Gasteiger charge is -2.00. The molecule has 0 spiro atoms. The highest BCUT2D eigenvalue weighted by atomic mass is 16.4. The largest absolute Gasteiger partial charge is 0.428 e. The highest BCUT2D eigenvalue weighted by Gasteiger charge is 2.14. The van der Waals surface area contributed by atoms with Gasteiger partial charge in [-0.1, -0.05) is 47.5 Å². The van der Waals surface area contributed by atoms with E-state index < -0.39 is 0 Å². The molecule has 0 bridgehead atoms. The van der Waals surface area contributed by atoms with Gasteiger partial charge in [0.1, 0.15) is 5.82 Å². The lowest BCUT2D eigenvalue weighted by atomic mass is 10.1. The van der Waals surface area contributed by atoms with Crippen LogP contribution in [-0.2, 0) is 0 Å². The maximum atomic E-state index is 12.3. The van der Waals surface area contributed by atoms with Gasteiger partial charge < -0.3 is 9.40 Å². The van der Waals surface area contributed by atoms with Crippen molar-refractivity contribution in [2.24, 2.45) is 0 Å². The molecule has 2 aromatic carbocycles. The Morgan fingerprint density at radius 1 is 0.833 bits per heavy atom. The molecular weight excluding hydrogens is 302 g/mol. The van der Waals surface area contributed by atoms with Gasteiger partial charge in [-0.3, -0.25) is 4.79 Å². The van der Waals surface area contributed by atoms with E-state index in [1.54, 1.807) is 0 Å². The molecule has 0 amide bonds. The van der Waals surface area contributed by atoms with Crippen molar-refractivity contribution in [2.45, 2.75) is 13.8 Å². The Morgan fingerprint density at radius 3 is 2.04 bits per heavy atom. The number of aryl methyl sites for hydroxylation is 2. The number of hydrogen-bond donors (Lipinski definition) is 1. The molecule has 4 aromatic rings. The molecule has 0 atom stereocenters. The van der Waals surface area contributed by atoms with Crippen molar-refractivity contribution < 1.29 is 4.42 Å². The van der Waals surface area contributed by atoms with E-state index in [1.165, 1.54) is 0 Å². The van der Waals surface area contributed by atoms with Crippen LogP contribution < -0.4 is 5.56 Å². The molecule has 24 heavy (non-hydrogen) atoms. The molecule has 5 heteroatoms. The van der Waals surface area contributed by atoms with Crippen LogP contribution in [0.25, 0.3) is 34.1 Å². The van der Waals surface area contributed by atoms with E-state index in [1.807, 2.05) is 62.4 Å². The standard InChI is InChI=1S/C19H15N3O2/c1-11-3-7-13(8-4-11)16-20-17-15(18(23)21-16)24-19(22-17)14-9-5-12(2)6-10-14/h3-10H,1-2H3,(H,20,21,23). The van der Waals surface area contributed by atoms with E-state index in [9.17, 15) is 4.79 Å². The molecule has 5 nitrogen and oxygen atoms in total. The molecule has 0 saturated carbocycles. The van der Waals surface area contributed by atoms with Crippen molar-refractivity contribution in [2.75, 3.05) is 0 Å². The van der Waals surface area contributed by atoms with Gasteiger partial charge >= 0.3 is 0 Å². The molecule has 1 N–H and O–H groups in total. The van der Waals surface area contributed by atoms with Crippen molar-refractivity contribution in [3.05, 3.63) is 70.0 Å². The van der Waals surface area contributed by atoms with E-state index in [2.05, 4.69) is 15.0 Å². The van der Waals surface area contributed by atoms with Crippen molar-refractivity contribution in [3.8, 4) is 22.8 Å². The molecule has 0 radical (unpaired) electrons. The third-order valence-corrected chi connectivity index (χ3v) is 3.89. The number of nitrogens with zero attached hydrogens (tertiary/aromatic N) is 2. The average Bonchev–Trinajstić information content (AvgIpc) is 3.01. The van der Waals surface area contributed by atoms with Gasteiger partial charge in [-0.25, -0.2) is 4.98 Å². The van der Waals surface area contributed by atoms with Crippen molar-refractivity contribution in [1.29, 1.82) is 0 Å². The van der Waals surface area contributed by atoms with Gasteiger partial charge in [-0.2, -0.15) is 4.98 Å². The first-order valence-electron chi connectivity index (χ1n) is 7.65. The zero-order chi connectivity index (χ0) is 16.7. The molecular formula is C19H15N3O2. The highest BCUT2D eigenvalue weighted by Crippen LogP contribution is 2.23. The van der Waals surface area contributed by atoms with Gasteiger partial charge in [0, 0.05) is 11.1 Å². The molecule has 0 aliphatic heterocycles. The summed E-state index contributed by atoms with van der Waals surface area (Å²) in [5.41, 5.74) is 4.06. The van der Waals surface area contributed by atoms with E-state index in [0.29, 0.717) is 17.4 Å². The zero-order valence-corrected chi connectivity index (χ0v) is 13.3. The van der Waals surface area contributed by atoms with Crippen LogP contribution in [0.5, 0.6) is 0 Å². The molecule has 0 aliphatic rings. The van der Waals surface area contributed by atoms with Crippen LogP contribution in [0.15, 0.2) is 57.7 Å². The second-order valence-electron chi connectivity index (χ2n) is 5.82. The number of aromatic nitrogens is 3. The number of nitrogens with one attached hydrogen (secondary N) is 1. The summed E-state index contributed by atoms with van der Waals surface area (Å²) in [4.78, 5) is 23.9. The van der Waals surface area contributed by atoms with Crippen LogP contribution in [0.3, 0.4) is 0 Å². The lowest BCUT2D eigenvalue weighted by Crippen LogP contribution is -2.08. The van der Waals surface area contributed by atoms with Gasteiger partial charge in [0.25, 0.3) is 5.56 Å². The maximum absolute atomic E-state index is 12.3. The highest BCUT2D eigenvalue weighted by molar-refractivity contribution is 5.74. The SMILES string of the molecule is Cc1ccc(-c2nc3nc(-c4ccc(C)cc4)oc3c(=O)[nH]2)cc1. The summed E-state index contributed by atoms with van der Waals surface area (Å²) in [5, 5.41) is 0. The summed E-state index contributed by atoms with van der Waals surface area (Å²) in [6.07, 6.45) is 0. The fourth-order valence-corrected chi connectivity index (χ4v) is 2.50. The van der Waals surface area contributed by atoms with Crippen LogP contribution in [0.4, 0.5) is 0 Å². The minimum absolute atomic E-state index is 0.140. The molecule has 118 valence electrons. The Hall–Kier alpha value is -3.21. The summed E-state index contributed by atoms with van der Waals surface area (Å²) < 4.78 is 5.62. The van der Waals surface area contributed by atoms with Crippen molar-refractivity contribution in [3.63, 3.8) is 0 Å². The van der Waals surface area contributed by atoms with Gasteiger partial charge in [-0.05, 0) is 26.0 Å². The first-order chi connectivity index (χ1) is 11.6. The van der Waals surface area contributed by atoms with Gasteiger partial charge in [0.15, 0.2) is 0 Å². The van der Waals surface area contributed by atoms with Gasteiger partial charge in [0.2, 0.25) is 17.1 Å². The minimum atomic E-state index is -0.332. The number of rotatable bonds is 2. The maximum Gasteiger partial charge on any atom is 0.296 e. The third-order valence-electron chi connectivity index (χ3n) is 3.89. The first kappa shape index (κ1) is 14.4. The third kappa shape index (κ3) is 2.50. The van der Waals surface area contributed by atoms with Crippen LogP contribution >= 0.6 is 0 Å². The van der Waals surface area contributed by atoms with Crippen LogP contribution in [0.1, 0.15) is 11.1 Å². The van der Waals surface area contributed by atoms with Crippen molar-refractivity contribution >= 4 is 11.2 Å². The normalized spacial score (nSPS) is 11.1. The Balaban J connectivity index is 1.85. The van der Waals surface area contributed by atoms with Crippen LogP contribution in [0.2, 0.25) is 0 Å². The molecule has 4 rings (SSSR count). The topological polar surface area (TPSA) is 71.8 Å². The summed E-state index contributed by atoms with van der Waals surface area (Å²) >= 11 is 0. The number of hydrogen-bond acceptors (Lipinski definition) is 4. The Labute approximate surface area is 138 Å².